The maximum absolute atomic E-state index is 11.6. The van der Waals surface area contributed by atoms with Gasteiger partial charge in [0.1, 0.15) is 0 Å². The van der Waals surface area contributed by atoms with Gasteiger partial charge in [-0.15, -0.1) is 0 Å². The van der Waals surface area contributed by atoms with Crippen molar-refractivity contribution in [3.05, 3.63) is 29.8 Å². The molecule has 5 nitrogen and oxygen atoms in total. The molecular weight excluding hydrogens is 250 g/mol. The molecule has 2 N–H and O–H groups in total. The molecule has 1 saturated heterocycles. The minimum atomic E-state index is -2.99. The van der Waals surface area contributed by atoms with E-state index >= 15 is 0 Å². The van der Waals surface area contributed by atoms with Gasteiger partial charge < -0.3 is 10.6 Å². The van der Waals surface area contributed by atoms with E-state index in [0.29, 0.717) is 12.1 Å². The second-order valence-electron chi connectivity index (χ2n) is 4.36. The van der Waals surface area contributed by atoms with Gasteiger partial charge in [-0.25, -0.2) is 8.42 Å². The number of hydrogen-bond donors (Lipinski definition) is 1. The monoisotopic (exact) mass is 265 g/mol. The molecule has 1 heterocycles. The molecule has 1 fully saturated rings. The highest BCUT2D eigenvalue weighted by Crippen LogP contribution is 2.22. The average Bonchev–Trinajstić information content (AvgIpc) is 2.37. The van der Waals surface area contributed by atoms with Crippen molar-refractivity contribution in [1.29, 1.82) is 5.26 Å². The molecule has 1 atom stereocenters. The molecule has 0 radical (unpaired) electrons. The van der Waals surface area contributed by atoms with Crippen LogP contribution in [-0.2, 0) is 9.84 Å². The third kappa shape index (κ3) is 2.63. The lowest BCUT2D eigenvalue weighted by molar-refractivity contribution is 0.559. The number of hydrogen-bond acceptors (Lipinski definition) is 5. The number of nitrogens with zero attached hydrogens (tertiary/aromatic N) is 2. The molecule has 0 saturated carbocycles. The van der Waals surface area contributed by atoms with Crippen molar-refractivity contribution in [2.24, 2.45) is 5.73 Å². The minimum Gasteiger partial charge on any atom is -0.365 e. The molecule has 0 aromatic heterocycles. The summed E-state index contributed by atoms with van der Waals surface area (Å²) in [6.07, 6.45) is 0. The molecule has 1 aliphatic heterocycles. The average molecular weight is 265 g/mol. The molecule has 6 heteroatoms. The number of sulfone groups is 1. The topological polar surface area (TPSA) is 87.2 Å². The lowest BCUT2D eigenvalue weighted by Crippen LogP contribution is -2.52. The zero-order valence-corrected chi connectivity index (χ0v) is 10.7. The summed E-state index contributed by atoms with van der Waals surface area (Å²) in [4.78, 5) is 1.97. The summed E-state index contributed by atoms with van der Waals surface area (Å²) in [5.41, 5.74) is 7.08. The minimum absolute atomic E-state index is 0.0836. The van der Waals surface area contributed by atoms with Crippen LogP contribution >= 0.6 is 0 Å². The third-order valence-electron chi connectivity index (χ3n) is 3.11. The van der Waals surface area contributed by atoms with Crippen molar-refractivity contribution in [2.45, 2.75) is 6.04 Å². The number of benzene rings is 1. The summed E-state index contributed by atoms with van der Waals surface area (Å²) in [6, 6.07) is 9.03. The standard InChI is InChI=1S/C12H15N3O2S/c13-7-10-2-1-3-11(6-10)15-4-5-18(16,17)9-12(15)8-14/h1-3,6,12H,4-5,8-9,14H2. The van der Waals surface area contributed by atoms with E-state index in [2.05, 4.69) is 6.07 Å². The Morgan fingerprint density at radius 1 is 1.50 bits per heavy atom. The van der Waals surface area contributed by atoms with Crippen molar-refractivity contribution < 1.29 is 8.42 Å². The van der Waals surface area contributed by atoms with Gasteiger partial charge in [0.2, 0.25) is 0 Å². The highest BCUT2D eigenvalue weighted by molar-refractivity contribution is 7.91. The number of nitriles is 1. The SMILES string of the molecule is N#Cc1cccc(N2CCS(=O)(=O)CC2CN)c1. The highest BCUT2D eigenvalue weighted by atomic mass is 32.2. The normalized spacial score (nSPS) is 22.4. The second kappa shape index (κ2) is 4.96. The molecule has 1 aliphatic rings. The van der Waals surface area contributed by atoms with Gasteiger partial charge >= 0.3 is 0 Å². The fraction of sp³-hybridized carbons (Fsp3) is 0.417. The van der Waals surface area contributed by atoms with Crippen LogP contribution in [0.5, 0.6) is 0 Å². The Morgan fingerprint density at radius 3 is 2.94 bits per heavy atom. The van der Waals surface area contributed by atoms with Crippen LogP contribution in [0.25, 0.3) is 0 Å². The van der Waals surface area contributed by atoms with E-state index in [-0.39, 0.29) is 24.1 Å². The van der Waals surface area contributed by atoms with Crippen LogP contribution in [0.4, 0.5) is 5.69 Å². The quantitative estimate of drug-likeness (QED) is 0.820. The Labute approximate surface area is 107 Å². The lowest BCUT2D eigenvalue weighted by atomic mass is 10.1. The number of rotatable bonds is 2. The fourth-order valence-corrected chi connectivity index (χ4v) is 3.72. The van der Waals surface area contributed by atoms with Crippen LogP contribution in [0.15, 0.2) is 24.3 Å². The first-order valence-corrected chi connectivity index (χ1v) is 7.55. The Bertz CT molecular complexity index is 577. The van der Waals surface area contributed by atoms with Gasteiger partial charge in [-0.05, 0) is 18.2 Å². The summed E-state index contributed by atoms with van der Waals surface area (Å²) in [5.74, 6) is 0.223. The van der Waals surface area contributed by atoms with Crippen LogP contribution in [-0.4, -0.2) is 39.1 Å². The van der Waals surface area contributed by atoms with Gasteiger partial charge in [0.25, 0.3) is 0 Å². The summed E-state index contributed by atoms with van der Waals surface area (Å²) in [7, 11) is -2.99. The van der Waals surface area contributed by atoms with E-state index in [1.165, 1.54) is 0 Å². The first-order valence-electron chi connectivity index (χ1n) is 5.73. The van der Waals surface area contributed by atoms with Gasteiger partial charge in [-0.2, -0.15) is 5.26 Å². The van der Waals surface area contributed by atoms with E-state index in [9.17, 15) is 8.42 Å². The van der Waals surface area contributed by atoms with Crippen molar-refractivity contribution in [1.82, 2.24) is 0 Å². The van der Waals surface area contributed by atoms with Crippen LogP contribution in [0, 0.1) is 11.3 Å². The van der Waals surface area contributed by atoms with Crippen molar-refractivity contribution in [3.8, 4) is 6.07 Å². The first-order chi connectivity index (χ1) is 8.55. The molecule has 0 bridgehead atoms. The van der Waals surface area contributed by atoms with Crippen LogP contribution < -0.4 is 10.6 Å². The number of anilines is 1. The summed E-state index contributed by atoms with van der Waals surface area (Å²) in [5, 5.41) is 8.88. The molecule has 2 rings (SSSR count). The van der Waals surface area contributed by atoms with E-state index < -0.39 is 9.84 Å². The summed E-state index contributed by atoms with van der Waals surface area (Å²) < 4.78 is 23.2. The van der Waals surface area contributed by atoms with Crippen LogP contribution in [0.2, 0.25) is 0 Å². The van der Waals surface area contributed by atoms with E-state index in [4.69, 9.17) is 11.0 Å². The third-order valence-corrected chi connectivity index (χ3v) is 4.81. The molecule has 96 valence electrons. The molecular formula is C12H15N3O2S. The summed E-state index contributed by atoms with van der Waals surface area (Å²) >= 11 is 0. The van der Waals surface area contributed by atoms with Gasteiger partial charge in [0, 0.05) is 18.8 Å². The van der Waals surface area contributed by atoms with Gasteiger partial charge in [-0.1, -0.05) is 6.07 Å². The summed E-state index contributed by atoms with van der Waals surface area (Å²) in [6.45, 7) is 0.717. The van der Waals surface area contributed by atoms with E-state index in [1.807, 2.05) is 11.0 Å². The number of nitrogens with two attached hydrogens (primary N) is 1. The zero-order valence-electron chi connectivity index (χ0n) is 9.91. The highest BCUT2D eigenvalue weighted by Gasteiger charge is 2.30. The predicted molar refractivity (Wildman–Crippen MR) is 70.0 cm³/mol. The second-order valence-corrected chi connectivity index (χ2v) is 6.59. The Balaban J connectivity index is 2.29. The van der Waals surface area contributed by atoms with Gasteiger partial charge in [-0.3, -0.25) is 0 Å². The smallest absolute Gasteiger partial charge is 0.154 e. The first kappa shape index (κ1) is 12.9. The molecule has 1 aromatic carbocycles. The van der Waals surface area contributed by atoms with Crippen LogP contribution in [0.1, 0.15) is 5.56 Å². The Morgan fingerprint density at radius 2 is 2.28 bits per heavy atom. The molecule has 1 aromatic rings. The van der Waals surface area contributed by atoms with Crippen LogP contribution in [0.3, 0.4) is 0 Å². The zero-order chi connectivity index (χ0) is 13.2. The van der Waals surface area contributed by atoms with E-state index in [0.717, 1.165) is 5.69 Å². The maximum atomic E-state index is 11.6. The maximum Gasteiger partial charge on any atom is 0.154 e. The van der Waals surface area contributed by atoms with Crippen molar-refractivity contribution >= 4 is 15.5 Å². The molecule has 0 amide bonds. The lowest BCUT2D eigenvalue weighted by Gasteiger charge is -2.36. The van der Waals surface area contributed by atoms with Gasteiger partial charge in [0.15, 0.2) is 9.84 Å². The van der Waals surface area contributed by atoms with E-state index in [1.54, 1.807) is 18.2 Å². The molecule has 0 spiro atoms. The van der Waals surface area contributed by atoms with Gasteiger partial charge in [0.05, 0.1) is 29.2 Å². The fourth-order valence-electron chi connectivity index (χ4n) is 2.18. The van der Waals surface area contributed by atoms with Crippen molar-refractivity contribution in [3.63, 3.8) is 0 Å². The largest absolute Gasteiger partial charge is 0.365 e. The molecule has 0 aliphatic carbocycles. The van der Waals surface area contributed by atoms with Crippen molar-refractivity contribution in [2.75, 3.05) is 29.5 Å². The molecule has 1 unspecified atom stereocenters. The Kier molecular flexibility index (Phi) is 3.55. The Hall–Kier alpha value is -1.58. The molecule has 18 heavy (non-hydrogen) atoms. The predicted octanol–water partition coefficient (Wildman–Crippen LogP) is 0.120.